The first-order valence-electron chi connectivity index (χ1n) is 7.65. The molecule has 4 nitrogen and oxygen atoms in total. The lowest BCUT2D eigenvalue weighted by atomic mass is 10.2. The summed E-state index contributed by atoms with van der Waals surface area (Å²) in [6.07, 6.45) is 0.149. The van der Waals surface area contributed by atoms with Gasteiger partial charge in [0.15, 0.2) is 0 Å². The van der Waals surface area contributed by atoms with Gasteiger partial charge in [-0.1, -0.05) is 35.3 Å². The maximum atomic E-state index is 11.9. The average molecular weight is 367 g/mol. The zero-order chi connectivity index (χ0) is 17.5. The lowest BCUT2D eigenvalue weighted by Crippen LogP contribution is -2.27. The van der Waals surface area contributed by atoms with Gasteiger partial charge in [-0.2, -0.15) is 0 Å². The molecule has 0 radical (unpaired) electrons. The van der Waals surface area contributed by atoms with Crippen LogP contribution in [0.25, 0.3) is 0 Å². The predicted molar refractivity (Wildman–Crippen MR) is 99.0 cm³/mol. The fraction of sp³-hybridized carbons (Fsp3) is 0.278. The summed E-state index contributed by atoms with van der Waals surface area (Å²) in [7, 11) is 0. The summed E-state index contributed by atoms with van der Waals surface area (Å²) in [5.74, 6) is 0.654. The molecule has 2 aromatic rings. The molecule has 2 rings (SSSR count). The Morgan fingerprint density at radius 1 is 1.12 bits per heavy atom. The van der Waals surface area contributed by atoms with Gasteiger partial charge >= 0.3 is 0 Å². The minimum Gasteiger partial charge on any atom is -0.491 e. The number of nitrogens with one attached hydrogen (secondary N) is 2. The SMILES string of the molecule is CC(C)Oc1ccc(CNCC(=O)Nc2cc(Cl)ccc2Cl)cc1. The second-order valence-corrected chi connectivity index (χ2v) is 6.43. The number of anilines is 1. The van der Waals surface area contributed by atoms with E-state index in [0.717, 1.165) is 11.3 Å². The maximum absolute atomic E-state index is 11.9. The van der Waals surface area contributed by atoms with Crippen molar-refractivity contribution in [2.24, 2.45) is 0 Å². The molecule has 24 heavy (non-hydrogen) atoms. The molecular formula is C18H20Cl2N2O2. The lowest BCUT2D eigenvalue weighted by molar-refractivity contribution is -0.115. The van der Waals surface area contributed by atoms with Crippen molar-refractivity contribution in [3.63, 3.8) is 0 Å². The molecule has 0 bridgehead atoms. The molecule has 0 aliphatic heterocycles. The van der Waals surface area contributed by atoms with Crippen molar-refractivity contribution in [1.82, 2.24) is 5.32 Å². The molecule has 2 aromatic carbocycles. The number of amides is 1. The highest BCUT2D eigenvalue weighted by atomic mass is 35.5. The van der Waals surface area contributed by atoms with E-state index in [1.54, 1.807) is 18.2 Å². The number of hydrogen-bond donors (Lipinski definition) is 2. The lowest BCUT2D eigenvalue weighted by Gasteiger charge is -2.11. The first-order chi connectivity index (χ1) is 11.4. The molecule has 0 saturated heterocycles. The van der Waals surface area contributed by atoms with Gasteiger partial charge in [-0.3, -0.25) is 4.79 Å². The van der Waals surface area contributed by atoms with Crippen LogP contribution in [0.3, 0.4) is 0 Å². The van der Waals surface area contributed by atoms with Gasteiger partial charge in [0.25, 0.3) is 0 Å². The predicted octanol–water partition coefficient (Wildman–Crippen LogP) is 4.51. The van der Waals surface area contributed by atoms with Crippen molar-refractivity contribution in [3.8, 4) is 5.75 Å². The summed E-state index contributed by atoms with van der Waals surface area (Å²) < 4.78 is 5.59. The molecule has 0 atom stereocenters. The van der Waals surface area contributed by atoms with Crippen LogP contribution in [-0.4, -0.2) is 18.6 Å². The maximum Gasteiger partial charge on any atom is 0.238 e. The Morgan fingerprint density at radius 2 is 1.83 bits per heavy atom. The smallest absolute Gasteiger partial charge is 0.238 e. The number of carbonyl (C=O) groups is 1. The van der Waals surface area contributed by atoms with Crippen LogP contribution >= 0.6 is 23.2 Å². The molecular weight excluding hydrogens is 347 g/mol. The van der Waals surface area contributed by atoms with E-state index in [2.05, 4.69) is 10.6 Å². The number of rotatable bonds is 7. The second-order valence-electron chi connectivity index (χ2n) is 5.59. The van der Waals surface area contributed by atoms with Crippen LogP contribution in [0.5, 0.6) is 5.75 Å². The first kappa shape index (κ1) is 18.6. The minimum atomic E-state index is -0.182. The van der Waals surface area contributed by atoms with Crippen LogP contribution in [0.1, 0.15) is 19.4 Å². The van der Waals surface area contributed by atoms with Crippen molar-refractivity contribution >= 4 is 34.8 Å². The summed E-state index contributed by atoms with van der Waals surface area (Å²) in [5, 5.41) is 6.79. The monoisotopic (exact) mass is 366 g/mol. The molecule has 0 aromatic heterocycles. The molecule has 2 N–H and O–H groups in total. The fourth-order valence-electron chi connectivity index (χ4n) is 2.07. The normalized spacial score (nSPS) is 10.7. The highest BCUT2D eigenvalue weighted by Crippen LogP contribution is 2.25. The van der Waals surface area contributed by atoms with Gasteiger partial charge in [0.2, 0.25) is 5.91 Å². The highest BCUT2D eigenvalue weighted by molar-refractivity contribution is 6.35. The number of ether oxygens (including phenoxy) is 1. The van der Waals surface area contributed by atoms with Gasteiger partial charge in [0.05, 0.1) is 23.4 Å². The van der Waals surface area contributed by atoms with Crippen LogP contribution in [0, 0.1) is 0 Å². The largest absolute Gasteiger partial charge is 0.491 e. The topological polar surface area (TPSA) is 50.4 Å². The number of halogens is 2. The quantitative estimate of drug-likeness (QED) is 0.757. The zero-order valence-electron chi connectivity index (χ0n) is 13.6. The van der Waals surface area contributed by atoms with E-state index in [1.165, 1.54) is 0 Å². The molecule has 0 aliphatic rings. The summed E-state index contributed by atoms with van der Waals surface area (Å²) >= 11 is 11.9. The highest BCUT2D eigenvalue weighted by Gasteiger charge is 2.06. The van der Waals surface area contributed by atoms with Gasteiger partial charge < -0.3 is 15.4 Å². The minimum absolute atomic E-state index is 0.149. The molecule has 0 spiro atoms. The van der Waals surface area contributed by atoms with E-state index < -0.39 is 0 Å². The van der Waals surface area contributed by atoms with Crippen molar-refractivity contribution in [1.29, 1.82) is 0 Å². The van der Waals surface area contributed by atoms with Crippen LogP contribution in [0.15, 0.2) is 42.5 Å². The third-order valence-electron chi connectivity index (χ3n) is 3.11. The third kappa shape index (κ3) is 6.04. The van der Waals surface area contributed by atoms with Crippen molar-refractivity contribution in [3.05, 3.63) is 58.1 Å². The zero-order valence-corrected chi connectivity index (χ0v) is 15.1. The molecule has 6 heteroatoms. The van der Waals surface area contributed by atoms with Gasteiger partial charge in [-0.25, -0.2) is 0 Å². The first-order valence-corrected chi connectivity index (χ1v) is 8.41. The van der Waals surface area contributed by atoms with E-state index in [9.17, 15) is 4.79 Å². The van der Waals surface area contributed by atoms with E-state index >= 15 is 0 Å². The Kier molecular flexibility index (Phi) is 6.91. The van der Waals surface area contributed by atoms with Crippen molar-refractivity contribution in [2.75, 3.05) is 11.9 Å². The van der Waals surface area contributed by atoms with E-state index in [-0.39, 0.29) is 18.6 Å². The molecule has 0 aliphatic carbocycles. The van der Waals surface area contributed by atoms with E-state index in [4.69, 9.17) is 27.9 Å². The Labute approximate surface area is 152 Å². The van der Waals surface area contributed by atoms with Gasteiger partial charge in [-0.15, -0.1) is 0 Å². The second kappa shape index (κ2) is 8.92. The molecule has 1 amide bonds. The van der Waals surface area contributed by atoms with Crippen LogP contribution < -0.4 is 15.4 Å². The Morgan fingerprint density at radius 3 is 2.50 bits per heavy atom. The van der Waals surface area contributed by atoms with Gasteiger partial charge in [0.1, 0.15) is 5.75 Å². The van der Waals surface area contributed by atoms with Crippen LogP contribution in [-0.2, 0) is 11.3 Å². The summed E-state index contributed by atoms with van der Waals surface area (Å²) in [4.78, 5) is 11.9. The summed E-state index contributed by atoms with van der Waals surface area (Å²) in [6.45, 7) is 4.73. The van der Waals surface area contributed by atoms with Crippen molar-refractivity contribution in [2.45, 2.75) is 26.5 Å². The number of hydrogen-bond acceptors (Lipinski definition) is 3. The molecule has 0 saturated carbocycles. The van der Waals surface area contributed by atoms with E-state index in [1.807, 2.05) is 38.1 Å². The van der Waals surface area contributed by atoms with Crippen LogP contribution in [0.4, 0.5) is 5.69 Å². The molecule has 0 unspecified atom stereocenters. The Bertz CT molecular complexity index is 688. The van der Waals surface area contributed by atoms with Crippen LogP contribution in [0.2, 0.25) is 10.0 Å². The average Bonchev–Trinajstić information content (AvgIpc) is 2.52. The Hall–Kier alpha value is -1.75. The summed E-state index contributed by atoms with van der Waals surface area (Å²) in [5.41, 5.74) is 1.57. The number of carbonyl (C=O) groups excluding carboxylic acids is 1. The van der Waals surface area contributed by atoms with E-state index in [0.29, 0.717) is 22.3 Å². The van der Waals surface area contributed by atoms with Gasteiger partial charge in [0, 0.05) is 11.6 Å². The standard InChI is InChI=1S/C18H20Cl2N2O2/c1-12(2)24-15-6-3-13(4-7-15)10-21-11-18(23)22-17-9-14(19)5-8-16(17)20/h3-9,12,21H,10-11H2,1-2H3,(H,22,23). The molecule has 0 heterocycles. The third-order valence-corrected chi connectivity index (χ3v) is 3.68. The van der Waals surface area contributed by atoms with Gasteiger partial charge in [-0.05, 0) is 49.7 Å². The molecule has 128 valence electrons. The Balaban J connectivity index is 1.79. The van der Waals surface area contributed by atoms with Crippen molar-refractivity contribution < 1.29 is 9.53 Å². The molecule has 0 fully saturated rings. The number of benzene rings is 2. The fourth-order valence-corrected chi connectivity index (χ4v) is 2.40. The summed E-state index contributed by atoms with van der Waals surface area (Å²) in [6, 6.07) is 12.7.